The highest BCUT2D eigenvalue weighted by molar-refractivity contribution is 5.78. The lowest BCUT2D eigenvalue weighted by atomic mass is 10.2. The topological polar surface area (TPSA) is 70.7 Å². The number of amides is 1. The molecule has 7 heteroatoms. The maximum atomic E-state index is 12.4. The lowest BCUT2D eigenvalue weighted by Gasteiger charge is -2.36. The van der Waals surface area contributed by atoms with Crippen molar-refractivity contribution >= 4 is 11.6 Å². The van der Waals surface area contributed by atoms with Crippen LogP contribution in [0.4, 0.5) is 5.69 Å². The number of ether oxygens (including phenoxy) is 2. The number of piperazine rings is 1. The van der Waals surface area contributed by atoms with Gasteiger partial charge in [0.15, 0.2) is 6.61 Å². The van der Waals surface area contributed by atoms with E-state index >= 15 is 0 Å². The highest BCUT2D eigenvalue weighted by Gasteiger charge is 2.24. The number of aryl methyl sites for hydroxylation is 2. The minimum absolute atomic E-state index is 0.00288. The molecule has 0 unspecified atom stereocenters. The van der Waals surface area contributed by atoms with Crippen molar-refractivity contribution in [3.05, 3.63) is 35.7 Å². The van der Waals surface area contributed by atoms with E-state index in [1.807, 2.05) is 36.9 Å². The van der Waals surface area contributed by atoms with E-state index in [2.05, 4.69) is 15.1 Å². The molecule has 1 aliphatic rings. The SMILES string of the molecule is COc1cccc(OCC(=O)N2CCN(c3c(C)n[nH]c3C)CC2)c1. The van der Waals surface area contributed by atoms with Crippen molar-refractivity contribution in [3.8, 4) is 11.5 Å². The molecular weight excluding hydrogens is 320 g/mol. The number of hydrogen-bond acceptors (Lipinski definition) is 5. The molecule has 134 valence electrons. The molecule has 0 atom stereocenters. The van der Waals surface area contributed by atoms with Crippen LogP contribution in [0.1, 0.15) is 11.4 Å². The van der Waals surface area contributed by atoms with Gasteiger partial charge in [0.25, 0.3) is 5.91 Å². The minimum Gasteiger partial charge on any atom is -0.497 e. The van der Waals surface area contributed by atoms with Gasteiger partial charge in [-0.2, -0.15) is 5.10 Å². The summed E-state index contributed by atoms with van der Waals surface area (Å²) in [5, 5.41) is 7.26. The van der Waals surface area contributed by atoms with Gasteiger partial charge in [-0.25, -0.2) is 0 Å². The third kappa shape index (κ3) is 3.87. The summed E-state index contributed by atoms with van der Waals surface area (Å²) in [7, 11) is 1.60. The number of hydrogen-bond donors (Lipinski definition) is 1. The number of anilines is 1. The molecule has 1 aromatic carbocycles. The van der Waals surface area contributed by atoms with Crippen LogP contribution >= 0.6 is 0 Å². The Morgan fingerprint density at radius 3 is 2.56 bits per heavy atom. The summed E-state index contributed by atoms with van der Waals surface area (Å²) in [4.78, 5) is 16.5. The lowest BCUT2D eigenvalue weighted by Crippen LogP contribution is -2.50. The van der Waals surface area contributed by atoms with Crippen LogP contribution in [0.25, 0.3) is 0 Å². The van der Waals surface area contributed by atoms with Crippen molar-refractivity contribution in [1.29, 1.82) is 0 Å². The van der Waals surface area contributed by atoms with Crippen molar-refractivity contribution in [2.24, 2.45) is 0 Å². The molecule has 1 amide bonds. The average molecular weight is 344 g/mol. The van der Waals surface area contributed by atoms with Gasteiger partial charge in [-0.1, -0.05) is 6.07 Å². The molecule has 0 radical (unpaired) electrons. The Hall–Kier alpha value is -2.70. The Kier molecular flexibility index (Phi) is 5.11. The number of carbonyl (C=O) groups excluding carboxylic acids is 1. The van der Waals surface area contributed by atoms with E-state index in [-0.39, 0.29) is 12.5 Å². The van der Waals surface area contributed by atoms with Crippen molar-refractivity contribution in [2.45, 2.75) is 13.8 Å². The van der Waals surface area contributed by atoms with Crippen LogP contribution in [0.5, 0.6) is 11.5 Å². The standard InChI is InChI=1S/C18H24N4O3/c1-13-18(14(2)20-19-13)22-9-7-21(8-10-22)17(23)12-25-16-6-4-5-15(11-16)24-3/h4-6,11H,7-10,12H2,1-3H3,(H,19,20). The van der Waals surface area contributed by atoms with Crippen molar-refractivity contribution in [3.63, 3.8) is 0 Å². The van der Waals surface area contributed by atoms with Gasteiger partial charge >= 0.3 is 0 Å². The maximum Gasteiger partial charge on any atom is 0.260 e. The molecule has 1 aromatic heterocycles. The number of aromatic amines is 1. The Labute approximate surface area is 147 Å². The van der Waals surface area contributed by atoms with E-state index in [9.17, 15) is 4.79 Å². The third-order valence-electron chi connectivity index (χ3n) is 4.44. The second kappa shape index (κ2) is 7.46. The summed E-state index contributed by atoms with van der Waals surface area (Å²) in [5.74, 6) is 1.35. The molecule has 25 heavy (non-hydrogen) atoms. The van der Waals surface area contributed by atoms with Crippen LogP contribution in [0.2, 0.25) is 0 Å². The minimum atomic E-state index is 0.00288. The highest BCUT2D eigenvalue weighted by Crippen LogP contribution is 2.23. The van der Waals surface area contributed by atoms with Gasteiger partial charge in [-0.05, 0) is 26.0 Å². The first-order chi connectivity index (χ1) is 12.1. The fourth-order valence-corrected chi connectivity index (χ4v) is 3.12. The largest absolute Gasteiger partial charge is 0.497 e. The Balaban J connectivity index is 1.51. The van der Waals surface area contributed by atoms with Gasteiger partial charge < -0.3 is 19.3 Å². The van der Waals surface area contributed by atoms with Crippen molar-refractivity contribution < 1.29 is 14.3 Å². The van der Waals surface area contributed by atoms with Crippen LogP contribution in [0.15, 0.2) is 24.3 Å². The monoisotopic (exact) mass is 344 g/mol. The fraction of sp³-hybridized carbons (Fsp3) is 0.444. The second-order valence-electron chi connectivity index (χ2n) is 6.12. The second-order valence-corrected chi connectivity index (χ2v) is 6.12. The summed E-state index contributed by atoms with van der Waals surface area (Å²) < 4.78 is 10.8. The van der Waals surface area contributed by atoms with Gasteiger partial charge in [0.05, 0.1) is 24.2 Å². The van der Waals surface area contributed by atoms with E-state index in [1.54, 1.807) is 13.2 Å². The number of carbonyl (C=O) groups is 1. The summed E-state index contributed by atoms with van der Waals surface area (Å²) in [5.41, 5.74) is 3.22. The number of aromatic nitrogens is 2. The van der Waals surface area contributed by atoms with Gasteiger partial charge in [0.2, 0.25) is 0 Å². The van der Waals surface area contributed by atoms with Crippen LogP contribution in [-0.4, -0.2) is 60.9 Å². The van der Waals surface area contributed by atoms with Crippen LogP contribution in [0.3, 0.4) is 0 Å². The van der Waals surface area contributed by atoms with Gasteiger partial charge in [-0.3, -0.25) is 9.89 Å². The van der Waals surface area contributed by atoms with Crippen molar-refractivity contribution in [2.75, 3.05) is 44.8 Å². The molecule has 1 fully saturated rings. The highest BCUT2D eigenvalue weighted by atomic mass is 16.5. The van der Waals surface area contributed by atoms with E-state index in [0.717, 1.165) is 30.2 Å². The normalized spacial score (nSPS) is 14.5. The molecule has 7 nitrogen and oxygen atoms in total. The molecule has 0 bridgehead atoms. The molecule has 0 saturated carbocycles. The Bertz CT molecular complexity index is 716. The number of methoxy groups -OCH3 is 1. The Morgan fingerprint density at radius 2 is 1.92 bits per heavy atom. The number of H-pyrrole nitrogens is 1. The molecule has 1 N–H and O–H groups in total. The zero-order valence-electron chi connectivity index (χ0n) is 14.9. The molecule has 2 aromatic rings. The van der Waals surface area contributed by atoms with E-state index in [0.29, 0.717) is 24.6 Å². The van der Waals surface area contributed by atoms with Gasteiger partial charge in [0.1, 0.15) is 11.5 Å². The summed E-state index contributed by atoms with van der Waals surface area (Å²) in [6, 6.07) is 7.27. The predicted molar refractivity (Wildman–Crippen MR) is 95.3 cm³/mol. The van der Waals surface area contributed by atoms with E-state index in [1.165, 1.54) is 0 Å². The predicted octanol–water partition coefficient (Wildman–Crippen LogP) is 1.76. The Morgan fingerprint density at radius 1 is 1.20 bits per heavy atom. The molecule has 1 aliphatic heterocycles. The zero-order chi connectivity index (χ0) is 17.8. The number of rotatable bonds is 5. The number of nitrogens with one attached hydrogen (secondary N) is 1. The lowest BCUT2D eigenvalue weighted by molar-refractivity contribution is -0.133. The quantitative estimate of drug-likeness (QED) is 0.895. The van der Waals surface area contributed by atoms with Crippen LogP contribution in [-0.2, 0) is 4.79 Å². The summed E-state index contributed by atoms with van der Waals surface area (Å²) in [6.45, 7) is 7.02. The first kappa shape index (κ1) is 17.1. The van der Waals surface area contributed by atoms with E-state index in [4.69, 9.17) is 9.47 Å². The molecule has 1 saturated heterocycles. The summed E-state index contributed by atoms with van der Waals surface area (Å²) >= 11 is 0. The zero-order valence-corrected chi connectivity index (χ0v) is 14.9. The van der Waals surface area contributed by atoms with Crippen LogP contribution < -0.4 is 14.4 Å². The average Bonchev–Trinajstić information content (AvgIpc) is 2.98. The first-order valence-electron chi connectivity index (χ1n) is 8.39. The molecule has 2 heterocycles. The third-order valence-corrected chi connectivity index (χ3v) is 4.44. The number of benzene rings is 1. The molecule has 0 aliphatic carbocycles. The van der Waals surface area contributed by atoms with Gasteiger partial charge in [-0.15, -0.1) is 0 Å². The smallest absolute Gasteiger partial charge is 0.260 e. The maximum absolute atomic E-state index is 12.4. The molecular formula is C18H24N4O3. The van der Waals surface area contributed by atoms with Crippen LogP contribution in [0, 0.1) is 13.8 Å². The first-order valence-corrected chi connectivity index (χ1v) is 8.39. The van der Waals surface area contributed by atoms with E-state index < -0.39 is 0 Å². The fourth-order valence-electron chi connectivity index (χ4n) is 3.12. The van der Waals surface area contributed by atoms with Gasteiger partial charge in [0, 0.05) is 32.2 Å². The number of nitrogens with zero attached hydrogens (tertiary/aromatic N) is 3. The molecule has 3 rings (SSSR count). The van der Waals surface area contributed by atoms with Crippen molar-refractivity contribution in [1.82, 2.24) is 15.1 Å². The summed E-state index contributed by atoms with van der Waals surface area (Å²) in [6.07, 6.45) is 0. The molecule has 0 spiro atoms.